The average molecular weight is 1150 g/mol. The molecule has 0 saturated carbocycles. The number of carbonyl (C=O) groups is 1. The number of hydrogen-bond acceptors (Lipinski definition) is 27. The second kappa shape index (κ2) is 21.3. The van der Waals surface area contributed by atoms with E-state index in [-0.39, 0.29) is 34.1 Å². The normalized spacial score (nSPS) is 30.3. The Morgan fingerprint density at radius 3 is 2.17 bits per heavy atom. The van der Waals surface area contributed by atoms with Crippen molar-refractivity contribution in [2.45, 2.75) is 67.1 Å². The third-order valence-electron chi connectivity index (χ3n) is 11.8. The van der Waals surface area contributed by atoms with Gasteiger partial charge in [-0.25, -0.2) is 42.8 Å². The van der Waals surface area contributed by atoms with Gasteiger partial charge in [-0.3, -0.25) is 42.3 Å². The fourth-order valence-electron chi connectivity index (χ4n) is 8.53. The first kappa shape index (κ1) is 55.9. The van der Waals surface area contributed by atoms with Crippen LogP contribution >= 0.6 is 31.1 Å². The number of methoxy groups -OCH3 is 1. The maximum absolute atomic E-state index is 14.2. The lowest BCUT2D eigenvalue weighted by Crippen LogP contribution is -2.47. The van der Waals surface area contributed by atoms with Crippen LogP contribution in [0.15, 0.2) is 45.6 Å². The number of rotatable bonds is 20. The molecule has 2 amide bonds. The SMILES string of the molecule is CO[C@@H]1[C@H](P(=O)([O-])OC[C@H]2O[C@@H](n3ccc(=O)[nH]c3=O)[C@H](O)[C@@H]2O)[C@@H](COP(=O)(O)OP(=O)(O)OP(=O)(O)OC[C@H]2O[C@@H]([n+]3cn(C)c4c(=O)[nH]c(N)nc43)[C@H](O)[C@@H]2CNC(N)=O)O[C@H]1n1cnc2c(N)ncnc21. The Kier molecular flexibility index (Phi) is 15.9. The van der Waals surface area contributed by atoms with Gasteiger partial charge in [-0.1, -0.05) is 4.98 Å². The van der Waals surface area contributed by atoms with Crippen molar-refractivity contribution < 1.29 is 104 Å². The van der Waals surface area contributed by atoms with Crippen molar-refractivity contribution in [3.8, 4) is 0 Å². The molecule has 3 aliphatic heterocycles. The third-order valence-corrected chi connectivity index (χ3v) is 17.9. The number of aromatic amines is 2. The Labute approximate surface area is 416 Å². The van der Waals surface area contributed by atoms with Gasteiger partial charge in [0, 0.05) is 31.8 Å². The number of aliphatic hydroxyl groups is 3. The molecule has 5 aromatic rings. The average Bonchev–Trinajstić information content (AvgIpc) is 4.12. The number of imidazole rings is 2. The van der Waals surface area contributed by atoms with E-state index < -0.39 is 153 Å². The van der Waals surface area contributed by atoms with Crippen LogP contribution in [0.5, 0.6) is 0 Å². The minimum atomic E-state index is -6.26. The zero-order valence-corrected chi connectivity index (χ0v) is 41.9. The molecule has 3 saturated heterocycles. The number of primary amides is 1. The number of phosphoric ester groups is 2. The second-order valence-electron chi connectivity index (χ2n) is 16.6. The summed E-state index contributed by atoms with van der Waals surface area (Å²) < 4.78 is 104. The topological polar surface area (TPSA) is 556 Å². The number of anilines is 2. The van der Waals surface area contributed by atoms with Crippen LogP contribution in [0.3, 0.4) is 0 Å². The van der Waals surface area contributed by atoms with Gasteiger partial charge in [0.25, 0.3) is 17.1 Å². The number of aryl methyl sites for hydroxylation is 1. The van der Waals surface area contributed by atoms with E-state index >= 15 is 0 Å². The summed E-state index contributed by atoms with van der Waals surface area (Å²) in [6, 6.07) is -0.159. The number of hydrogen-bond donors (Lipinski definition) is 12. The quantitative estimate of drug-likeness (QED) is 0.0255. The van der Waals surface area contributed by atoms with Crippen molar-refractivity contribution in [3.05, 3.63) is 62.4 Å². The summed E-state index contributed by atoms with van der Waals surface area (Å²) in [6.07, 6.45) is -12.6. The van der Waals surface area contributed by atoms with Gasteiger partial charge in [0.15, 0.2) is 30.2 Å². The summed E-state index contributed by atoms with van der Waals surface area (Å²) in [5, 5.41) is 35.0. The highest BCUT2D eigenvalue weighted by molar-refractivity contribution is 7.66. The van der Waals surface area contributed by atoms with E-state index in [4.69, 9.17) is 49.7 Å². The van der Waals surface area contributed by atoms with E-state index in [0.29, 0.717) is 4.57 Å². The Balaban J connectivity index is 0.963. The van der Waals surface area contributed by atoms with Crippen molar-refractivity contribution >= 4 is 71.2 Å². The molecule has 4 unspecified atom stereocenters. The maximum atomic E-state index is 14.2. The Morgan fingerprint density at radius 2 is 1.52 bits per heavy atom. The molecular weight excluding hydrogens is 1100 g/mol. The molecule has 0 radical (unpaired) electrons. The molecule has 3 fully saturated rings. The molecule has 42 heteroatoms. The van der Waals surface area contributed by atoms with Crippen LogP contribution in [0, 0.1) is 5.92 Å². The number of ether oxygens (including phenoxy) is 4. The number of nitrogens with one attached hydrogen (secondary N) is 3. The number of carbonyl (C=O) groups excluding carboxylic acids is 1. The number of amides is 2. The molecular formula is C33H46N14O24P4. The summed E-state index contributed by atoms with van der Waals surface area (Å²) >= 11 is 0. The van der Waals surface area contributed by atoms with Crippen molar-refractivity contribution in [2.24, 2.45) is 18.7 Å². The number of phosphoric acid groups is 3. The maximum Gasteiger partial charge on any atom is 0.490 e. The molecule has 75 heavy (non-hydrogen) atoms. The van der Waals surface area contributed by atoms with Gasteiger partial charge in [-0.2, -0.15) is 8.62 Å². The fraction of sp³-hybridized carbons (Fsp3) is 0.545. The van der Waals surface area contributed by atoms with Crippen molar-refractivity contribution in [3.63, 3.8) is 0 Å². The summed E-state index contributed by atoms with van der Waals surface area (Å²) in [7, 11) is -21.3. The van der Waals surface area contributed by atoms with E-state index in [1.807, 2.05) is 4.98 Å². The Bertz CT molecular complexity index is 3360. The molecule has 8 rings (SSSR count). The molecule has 5 aromatic heterocycles. The number of nitrogen functional groups attached to an aromatic ring is 2. The van der Waals surface area contributed by atoms with E-state index in [2.05, 4.69) is 38.9 Å². The predicted octanol–water partition coefficient (Wildman–Crippen LogP) is -5.52. The molecule has 0 aromatic carbocycles. The smallest absolute Gasteiger partial charge is 0.490 e. The highest BCUT2D eigenvalue weighted by Crippen LogP contribution is 2.68. The van der Waals surface area contributed by atoms with Gasteiger partial charge in [0.05, 0.1) is 51.1 Å². The van der Waals surface area contributed by atoms with Gasteiger partial charge in [0.2, 0.25) is 11.7 Å². The fourth-order valence-corrected chi connectivity index (χ4v) is 13.8. The first-order valence-electron chi connectivity index (χ1n) is 21.3. The lowest BCUT2D eigenvalue weighted by Gasteiger charge is -2.35. The highest BCUT2D eigenvalue weighted by atomic mass is 31.3. The zero-order valence-electron chi connectivity index (χ0n) is 38.3. The van der Waals surface area contributed by atoms with Crippen LogP contribution in [-0.2, 0) is 66.4 Å². The number of H-pyrrole nitrogens is 2. The zero-order chi connectivity index (χ0) is 54.7. The minimum Gasteiger partial charge on any atom is -0.778 e. The van der Waals surface area contributed by atoms with E-state index in [1.165, 1.54) is 22.5 Å². The van der Waals surface area contributed by atoms with E-state index in [0.717, 1.165) is 36.6 Å². The molecule has 0 aliphatic carbocycles. The van der Waals surface area contributed by atoms with Crippen molar-refractivity contribution in [1.82, 2.24) is 48.9 Å². The van der Waals surface area contributed by atoms with Gasteiger partial charge in [-0.15, -0.1) is 0 Å². The van der Waals surface area contributed by atoms with Crippen LogP contribution in [0.1, 0.15) is 18.7 Å². The Morgan fingerprint density at radius 1 is 0.867 bits per heavy atom. The van der Waals surface area contributed by atoms with E-state index in [1.54, 1.807) is 0 Å². The Hall–Kier alpha value is -5.27. The number of urea groups is 1. The highest BCUT2D eigenvalue weighted by Gasteiger charge is 2.55. The largest absolute Gasteiger partial charge is 0.778 e. The standard InChI is InChI=1S/C33H46N14O24P4/c1-44-11-47(26-18(44)27(52)43-31(35)42-26)28-19(49)12(5-37-32(36)53)13(67-28)6-65-73(57,58)70-75(61,62)71-74(59,60)66-8-15-23(22(63-2)30(69-15)46-10-40-17-24(34)38-9-39-25(17)46)72(55,56)64-7-14-20(50)21(51)29(68-14)45-4-3-16(48)41-33(45)54/h3-4,9-15,19-23,28-30,49-51H,5-8H2,1-2H3,(H12-,34,35,36,37,38,39,41,42,43,48,52,53,54,55,56,57,58,59,60,61,62)/t12-,13-,14-,15-,19-,20-,21-,22-,23-,28-,29-,30-/m1/s1. The van der Waals surface area contributed by atoms with Crippen LogP contribution in [0.25, 0.3) is 22.3 Å². The third kappa shape index (κ3) is 11.7. The van der Waals surface area contributed by atoms with E-state index in [9.17, 15) is 72.3 Å². The van der Waals surface area contributed by atoms with Crippen molar-refractivity contribution in [1.29, 1.82) is 0 Å². The van der Waals surface area contributed by atoms with Gasteiger partial charge in [0.1, 0.15) is 50.0 Å². The van der Waals surface area contributed by atoms with Crippen molar-refractivity contribution in [2.75, 3.05) is 44.9 Å². The molecule has 0 bridgehead atoms. The van der Waals surface area contributed by atoms with Gasteiger partial charge in [-0.05, 0) is 0 Å². The summed E-state index contributed by atoms with van der Waals surface area (Å²) in [6.45, 7) is -3.99. The molecule has 8 heterocycles. The summed E-state index contributed by atoms with van der Waals surface area (Å²) in [5.74, 6) is -1.68. The first-order chi connectivity index (χ1) is 35.1. The number of aromatic nitrogens is 10. The van der Waals surface area contributed by atoms with Gasteiger partial charge >= 0.3 is 40.8 Å². The molecule has 0 spiro atoms. The lowest BCUT2D eigenvalue weighted by atomic mass is 9.98. The number of nitrogens with two attached hydrogens (primary N) is 3. The van der Waals surface area contributed by atoms with Gasteiger partial charge < -0.3 is 85.4 Å². The van der Waals surface area contributed by atoms with Crippen LogP contribution in [-0.4, -0.2) is 161 Å². The predicted molar refractivity (Wildman–Crippen MR) is 240 cm³/mol. The first-order valence-corrected chi connectivity index (χ1v) is 27.4. The number of aliphatic hydroxyl groups excluding tert-OH is 3. The number of fused-ring (bicyclic) bond motifs is 2. The summed E-state index contributed by atoms with van der Waals surface area (Å²) in [4.78, 5) is 114. The molecule has 3 aliphatic rings. The van der Waals surface area contributed by atoms with Crippen LogP contribution in [0.4, 0.5) is 16.6 Å². The molecule has 38 nitrogen and oxygen atoms in total. The second-order valence-corrected chi connectivity index (χ2v) is 23.2. The molecule has 15 N–H and O–H groups in total. The van der Waals surface area contributed by atoms with Crippen LogP contribution in [0.2, 0.25) is 0 Å². The summed E-state index contributed by atoms with van der Waals surface area (Å²) in [5.41, 5.74) is 12.0. The number of nitrogens with zero attached hydrogens (tertiary/aromatic N) is 8. The van der Waals surface area contributed by atoms with Crippen LogP contribution < -0.4 is 48.8 Å². The minimum absolute atomic E-state index is 0.00713. The molecule has 16 atom stereocenters. The molecule has 412 valence electrons. The monoisotopic (exact) mass is 1150 g/mol. The lowest BCUT2D eigenvalue weighted by molar-refractivity contribution is -0.745.